The van der Waals surface area contributed by atoms with Gasteiger partial charge in [0, 0.05) is 68.6 Å². The maximum atomic E-state index is 10.6. The normalized spacial score (nSPS) is 13.8. The molecule has 3 atom stereocenters. The number of hydrogen-bond acceptors (Lipinski definition) is 11. The van der Waals surface area contributed by atoms with Crippen molar-refractivity contribution in [2.75, 3.05) is 100 Å². The number of rotatable bonds is 21. The maximum absolute atomic E-state index is 10.6. The molecule has 2 aromatic rings. The molecule has 0 spiro atoms. The molecule has 0 radical (unpaired) electrons. The quantitative estimate of drug-likeness (QED) is 0.0933. The monoisotopic (exact) mass is 563 g/mol. The third-order valence-corrected chi connectivity index (χ3v) is 6.53. The highest BCUT2D eigenvalue weighted by molar-refractivity contribution is 5.53. The molecule has 0 aromatic heterocycles. The van der Waals surface area contributed by atoms with Gasteiger partial charge in [-0.05, 0) is 62.4 Å². The zero-order chi connectivity index (χ0) is 29.3. The molecule has 8 N–H and O–H groups in total. The van der Waals surface area contributed by atoms with Crippen LogP contribution in [0.4, 0.5) is 22.7 Å². The average molecular weight is 564 g/mol. The van der Waals surface area contributed by atoms with Crippen molar-refractivity contribution in [1.29, 1.82) is 0 Å². The van der Waals surface area contributed by atoms with E-state index in [1.165, 1.54) is 0 Å². The van der Waals surface area contributed by atoms with Gasteiger partial charge in [-0.25, -0.2) is 0 Å². The van der Waals surface area contributed by atoms with Gasteiger partial charge in [-0.3, -0.25) is 4.90 Å². The van der Waals surface area contributed by atoms with E-state index in [0.29, 0.717) is 37.7 Å². The molecular formula is C29H49N5O6. The Morgan fingerprint density at radius 2 is 1.02 bits per heavy atom. The van der Waals surface area contributed by atoms with Crippen LogP contribution in [0.5, 0.6) is 0 Å². The van der Waals surface area contributed by atoms with Crippen LogP contribution in [0, 0.1) is 0 Å². The molecular weight excluding hydrogens is 514 g/mol. The smallest absolute Gasteiger partial charge is 0.0900 e. The van der Waals surface area contributed by atoms with Gasteiger partial charge >= 0.3 is 0 Å². The Kier molecular flexibility index (Phi) is 15.7. The summed E-state index contributed by atoms with van der Waals surface area (Å²) in [6, 6.07) is 15.3. The van der Waals surface area contributed by atoms with Crippen LogP contribution in [0.2, 0.25) is 0 Å². The van der Waals surface area contributed by atoms with Crippen molar-refractivity contribution < 1.29 is 29.9 Å². The molecule has 11 heteroatoms. The number of nitrogens with zero attached hydrogens (tertiary/aromatic N) is 3. The molecule has 40 heavy (non-hydrogen) atoms. The van der Waals surface area contributed by atoms with E-state index >= 15 is 0 Å². The molecule has 0 heterocycles. The van der Waals surface area contributed by atoms with Gasteiger partial charge in [0.15, 0.2) is 0 Å². The van der Waals surface area contributed by atoms with Crippen LogP contribution in [-0.2, 0) is 9.47 Å². The first-order chi connectivity index (χ1) is 19.2. The van der Waals surface area contributed by atoms with Crippen LogP contribution in [0.25, 0.3) is 0 Å². The van der Waals surface area contributed by atoms with Crippen LogP contribution in [-0.4, -0.2) is 122 Å². The molecule has 226 valence electrons. The van der Waals surface area contributed by atoms with Gasteiger partial charge in [-0.15, -0.1) is 0 Å². The van der Waals surface area contributed by atoms with Gasteiger partial charge in [0.05, 0.1) is 51.3 Å². The number of aliphatic hydroxyl groups is 4. The topological polar surface area (TPSA) is 161 Å². The fraction of sp³-hybridized carbons (Fsp3) is 0.586. The van der Waals surface area contributed by atoms with E-state index in [1.54, 1.807) is 4.90 Å². The lowest BCUT2D eigenvalue weighted by molar-refractivity contribution is -0.0241. The van der Waals surface area contributed by atoms with Gasteiger partial charge < -0.3 is 51.2 Å². The summed E-state index contributed by atoms with van der Waals surface area (Å²) in [5, 5.41) is 40.4. The summed E-state index contributed by atoms with van der Waals surface area (Å²) in [4.78, 5) is 6.02. The van der Waals surface area contributed by atoms with Crippen LogP contribution in [0.3, 0.4) is 0 Å². The van der Waals surface area contributed by atoms with E-state index in [0.717, 1.165) is 24.5 Å². The van der Waals surface area contributed by atoms with Crippen molar-refractivity contribution in [2.45, 2.75) is 32.2 Å². The third kappa shape index (κ3) is 12.7. The summed E-state index contributed by atoms with van der Waals surface area (Å²) in [7, 11) is 0. The van der Waals surface area contributed by atoms with Crippen molar-refractivity contribution >= 4 is 22.7 Å². The van der Waals surface area contributed by atoms with Gasteiger partial charge in [0.2, 0.25) is 0 Å². The highest BCUT2D eigenvalue weighted by Gasteiger charge is 2.19. The van der Waals surface area contributed by atoms with E-state index < -0.39 is 24.9 Å². The minimum absolute atomic E-state index is 0.103. The first-order valence-corrected chi connectivity index (χ1v) is 14.0. The molecule has 0 aliphatic rings. The van der Waals surface area contributed by atoms with Gasteiger partial charge in [0.25, 0.3) is 0 Å². The Balaban J connectivity index is 1.74. The summed E-state index contributed by atoms with van der Waals surface area (Å²) >= 11 is 0. The Labute approximate surface area is 238 Å². The Morgan fingerprint density at radius 1 is 0.650 bits per heavy atom. The lowest BCUT2D eigenvalue weighted by atomic mass is 10.2. The first-order valence-electron chi connectivity index (χ1n) is 14.0. The molecule has 2 aromatic carbocycles. The van der Waals surface area contributed by atoms with Crippen molar-refractivity contribution in [3.63, 3.8) is 0 Å². The van der Waals surface area contributed by atoms with E-state index in [1.807, 2.05) is 48.5 Å². The number of hydrogen-bond donors (Lipinski definition) is 6. The zero-order valence-electron chi connectivity index (χ0n) is 23.9. The van der Waals surface area contributed by atoms with Crippen molar-refractivity contribution in [3.8, 4) is 0 Å². The first kappa shape index (κ1) is 33.6. The number of likely N-dealkylation sites (N-methyl/N-ethyl adjacent to an activating group) is 2. The number of nitrogens with two attached hydrogens (primary N) is 2. The van der Waals surface area contributed by atoms with E-state index in [2.05, 4.69) is 23.6 Å². The number of benzene rings is 2. The molecule has 0 fully saturated rings. The maximum Gasteiger partial charge on any atom is 0.0900 e. The number of ether oxygens (including phenoxy) is 2. The highest BCUT2D eigenvalue weighted by atomic mass is 16.5. The van der Waals surface area contributed by atoms with Crippen LogP contribution in [0.15, 0.2) is 48.5 Å². The summed E-state index contributed by atoms with van der Waals surface area (Å²) in [5.41, 5.74) is 15.1. The summed E-state index contributed by atoms with van der Waals surface area (Å²) in [6.07, 6.45) is -2.65. The van der Waals surface area contributed by atoms with E-state index in [9.17, 15) is 20.4 Å². The minimum Gasteiger partial charge on any atom is -0.399 e. The third-order valence-electron chi connectivity index (χ3n) is 6.53. The average Bonchev–Trinajstić information content (AvgIpc) is 2.94. The SMILES string of the molecule is CCN(CCOCC(O)CN(CC(O)CO)CC(O)COCCN(CC)c1ccc(N)cc1)c1ccc(N)cc1. The molecule has 11 nitrogen and oxygen atoms in total. The van der Waals surface area contributed by atoms with Gasteiger partial charge in [-0.1, -0.05) is 0 Å². The Bertz CT molecular complexity index is 851. The molecule has 0 amide bonds. The Hall–Kier alpha value is -2.64. The number of aliphatic hydroxyl groups excluding tert-OH is 4. The number of anilines is 4. The molecule has 0 aliphatic carbocycles. The second kappa shape index (κ2) is 18.7. The molecule has 0 bridgehead atoms. The molecule has 0 saturated heterocycles. The van der Waals surface area contributed by atoms with Crippen LogP contribution < -0.4 is 21.3 Å². The minimum atomic E-state index is -0.989. The standard InChI is InChI=1S/C29H49N5O6/c1-3-33(25-9-5-23(30)6-10-25)13-15-39-21-28(37)18-32(17-27(36)20-35)19-29(38)22-40-16-14-34(4-2)26-11-7-24(31)8-12-26/h5-12,27-29,35-38H,3-4,13-22,30-31H2,1-2H3. The Morgan fingerprint density at radius 3 is 1.38 bits per heavy atom. The molecule has 2 rings (SSSR count). The van der Waals surface area contributed by atoms with Crippen LogP contribution >= 0.6 is 0 Å². The fourth-order valence-corrected chi connectivity index (χ4v) is 4.38. The summed E-state index contributed by atoms with van der Waals surface area (Å²) in [5.74, 6) is 0. The zero-order valence-corrected chi connectivity index (χ0v) is 23.9. The molecule has 0 saturated carbocycles. The molecule has 0 aliphatic heterocycles. The second-order valence-corrected chi connectivity index (χ2v) is 9.85. The molecule has 3 unspecified atom stereocenters. The van der Waals surface area contributed by atoms with E-state index in [-0.39, 0.29) is 32.8 Å². The second-order valence-electron chi connectivity index (χ2n) is 9.85. The van der Waals surface area contributed by atoms with Gasteiger partial charge in [0.1, 0.15) is 0 Å². The largest absolute Gasteiger partial charge is 0.399 e. The van der Waals surface area contributed by atoms with Crippen molar-refractivity contribution in [3.05, 3.63) is 48.5 Å². The van der Waals surface area contributed by atoms with Crippen molar-refractivity contribution in [1.82, 2.24) is 4.90 Å². The predicted molar refractivity (Wildman–Crippen MR) is 161 cm³/mol. The van der Waals surface area contributed by atoms with Crippen molar-refractivity contribution in [2.24, 2.45) is 0 Å². The van der Waals surface area contributed by atoms with Gasteiger partial charge in [-0.2, -0.15) is 0 Å². The number of nitrogen functional groups attached to an aromatic ring is 2. The lowest BCUT2D eigenvalue weighted by Crippen LogP contribution is -2.45. The predicted octanol–water partition coefficient (Wildman–Crippen LogP) is 0.614. The lowest BCUT2D eigenvalue weighted by Gasteiger charge is -2.29. The summed E-state index contributed by atoms with van der Waals surface area (Å²) < 4.78 is 11.4. The summed E-state index contributed by atoms with van der Waals surface area (Å²) in [6.45, 7) is 8.15. The highest BCUT2D eigenvalue weighted by Crippen LogP contribution is 2.17. The van der Waals surface area contributed by atoms with E-state index in [4.69, 9.17) is 20.9 Å². The fourth-order valence-electron chi connectivity index (χ4n) is 4.38. The van der Waals surface area contributed by atoms with Crippen LogP contribution in [0.1, 0.15) is 13.8 Å².